The van der Waals surface area contributed by atoms with Crippen LogP contribution in [0.15, 0.2) is 70.3 Å². The second-order valence-electron chi connectivity index (χ2n) is 10.2. The number of hydrogen-bond acceptors (Lipinski definition) is 5. The van der Waals surface area contributed by atoms with E-state index in [0.29, 0.717) is 34.7 Å². The van der Waals surface area contributed by atoms with Gasteiger partial charge in [0, 0.05) is 26.1 Å². The largest absolute Gasteiger partial charge is 0.480 e. The number of rotatable bonds is 9. The lowest BCUT2D eigenvalue weighted by atomic mass is 9.93. The van der Waals surface area contributed by atoms with Gasteiger partial charge in [0.1, 0.15) is 6.04 Å². The molecule has 1 saturated carbocycles. The van der Waals surface area contributed by atoms with E-state index in [1.165, 1.54) is 23.1 Å². The number of fused-ring (bicyclic) bond motifs is 1. The lowest BCUT2D eigenvalue weighted by Gasteiger charge is -2.26. The number of amides is 1. The van der Waals surface area contributed by atoms with Gasteiger partial charge in [0.05, 0.1) is 32.2 Å². The number of carboxylic acid groups (broad SMARTS) is 1. The standard InChI is InChI=1S/C30H28Cl2N4O5/c1-35-25-13-10-18(16-33-19-4-2-5-19)14-21(25)28(38)36(30(35)41)20-11-8-17(9-12-20)15-24(29(39)40)34-27(37)26-22(31)6-3-7-23(26)32/h3,6-14,19,24,33H,2,4-5,15-16H2,1H3,(H,34,37)(H,39,40)/t24-/m0/s1. The SMILES string of the molecule is Cn1c(=O)n(-c2ccc(C[C@H](NC(=O)c3c(Cl)cccc3Cl)C(=O)O)cc2)c(=O)c2cc(CNC3CCC3)ccc21. The number of benzene rings is 3. The lowest BCUT2D eigenvalue weighted by molar-refractivity contribution is -0.139. The minimum atomic E-state index is -1.27. The van der Waals surface area contributed by atoms with E-state index in [2.05, 4.69) is 10.6 Å². The van der Waals surface area contributed by atoms with Gasteiger partial charge in [-0.1, -0.05) is 53.9 Å². The molecule has 212 valence electrons. The molecule has 1 amide bonds. The Kier molecular flexibility index (Phi) is 8.30. The molecule has 0 saturated heterocycles. The normalized spacial score (nSPS) is 14.0. The number of aromatic nitrogens is 2. The molecule has 0 spiro atoms. The van der Waals surface area contributed by atoms with Crippen LogP contribution in [0.3, 0.4) is 0 Å². The van der Waals surface area contributed by atoms with E-state index in [0.717, 1.165) is 23.0 Å². The first-order valence-electron chi connectivity index (χ1n) is 13.2. The molecular formula is C30H28Cl2N4O5. The van der Waals surface area contributed by atoms with Crippen LogP contribution >= 0.6 is 23.2 Å². The van der Waals surface area contributed by atoms with Crippen molar-refractivity contribution in [1.82, 2.24) is 19.8 Å². The van der Waals surface area contributed by atoms with Crippen molar-refractivity contribution >= 4 is 46.0 Å². The molecule has 11 heteroatoms. The van der Waals surface area contributed by atoms with Crippen LogP contribution in [0.2, 0.25) is 10.0 Å². The summed E-state index contributed by atoms with van der Waals surface area (Å²) in [6, 6.07) is 15.7. The van der Waals surface area contributed by atoms with E-state index in [-0.39, 0.29) is 22.0 Å². The molecule has 0 bridgehead atoms. The number of carbonyl (C=O) groups is 2. The maximum absolute atomic E-state index is 13.5. The summed E-state index contributed by atoms with van der Waals surface area (Å²) in [4.78, 5) is 51.4. The maximum Gasteiger partial charge on any atom is 0.335 e. The predicted molar refractivity (Wildman–Crippen MR) is 158 cm³/mol. The summed E-state index contributed by atoms with van der Waals surface area (Å²) in [6.45, 7) is 0.640. The van der Waals surface area contributed by atoms with Crippen LogP contribution in [0.5, 0.6) is 0 Å². The van der Waals surface area contributed by atoms with E-state index in [4.69, 9.17) is 23.2 Å². The van der Waals surface area contributed by atoms with E-state index >= 15 is 0 Å². The molecule has 41 heavy (non-hydrogen) atoms. The van der Waals surface area contributed by atoms with Crippen molar-refractivity contribution in [2.24, 2.45) is 7.05 Å². The average molecular weight is 595 g/mol. The van der Waals surface area contributed by atoms with Crippen LogP contribution in [-0.2, 0) is 24.8 Å². The molecule has 1 fully saturated rings. The van der Waals surface area contributed by atoms with Crippen LogP contribution in [0.25, 0.3) is 16.6 Å². The Hall–Kier alpha value is -3.92. The van der Waals surface area contributed by atoms with Crippen molar-refractivity contribution in [3.63, 3.8) is 0 Å². The Morgan fingerprint density at radius 1 is 1.00 bits per heavy atom. The molecule has 1 aliphatic rings. The molecule has 5 rings (SSSR count). The van der Waals surface area contributed by atoms with Gasteiger partial charge in [-0.2, -0.15) is 0 Å². The van der Waals surface area contributed by atoms with Crippen LogP contribution in [0, 0.1) is 0 Å². The Balaban J connectivity index is 1.39. The van der Waals surface area contributed by atoms with Crippen molar-refractivity contribution in [3.8, 4) is 5.69 Å². The van der Waals surface area contributed by atoms with E-state index in [9.17, 15) is 24.3 Å². The van der Waals surface area contributed by atoms with Crippen LogP contribution in [0.4, 0.5) is 0 Å². The fourth-order valence-corrected chi connectivity index (χ4v) is 5.45. The molecule has 9 nitrogen and oxygen atoms in total. The number of carboxylic acids is 1. The minimum absolute atomic E-state index is 0.00840. The quantitative estimate of drug-likeness (QED) is 0.268. The monoisotopic (exact) mass is 594 g/mol. The van der Waals surface area contributed by atoms with Gasteiger partial charge in [-0.3, -0.25) is 14.2 Å². The van der Waals surface area contributed by atoms with Crippen molar-refractivity contribution in [1.29, 1.82) is 0 Å². The maximum atomic E-state index is 13.5. The molecular weight excluding hydrogens is 567 g/mol. The zero-order valence-electron chi connectivity index (χ0n) is 22.2. The van der Waals surface area contributed by atoms with Gasteiger partial charge < -0.3 is 15.7 Å². The van der Waals surface area contributed by atoms with Gasteiger partial charge in [-0.25, -0.2) is 14.2 Å². The van der Waals surface area contributed by atoms with Crippen LogP contribution < -0.4 is 21.9 Å². The van der Waals surface area contributed by atoms with Crippen molar-refractivity contribution in [2.45, 2.75) is 44.3 Å². The number of hydrogen-bond donors (Lipinski definition) is 3. The molecule has 0 radical (unpaired) electrons. The lowest BCUT2D eigenvalue weighted by Crippen LogP contribution is -2.42. The van der Waals surface area contributed by atoms with Gasteiger partial charge in [-0.15, -0.1) is 0 Å². The van der Waals surface area contributed by atoms with Crippen molar-refractivity contribution in [2.75, 3.05) is 0 Å². The molecule has 4 aromatic rings. The minimum Gasteiger partial charge on any atom is -0.480 e. The highest BCUT2D eigenvalue weighted by molar-refractivity contribution is 6.39. The summed E-state index contributed by atoms with van der Waals surface area (Å²) in [5.41, 5.74) is 1.47. The van der Waals surface area contributed by atoms with E-state index in [1.807, 2.05) is 12.1 Å². The first-order chi connectivity index (χ1) is 19.6. The third kappa shape index (κ3) is 5.93. The summed E-state index contributed by atoms with van der Waals surface area (Å²) in [5.74, 6) is -1.95. The zero-order chi connectivity index (χ0) is 29.3. The smallest absolute Gasteiger partial charge is 0.335 e. The van der Waals surface area contributed by atoms with Gasteiger partial charge >= 0.3 is 11.7 Å². The third-order valence-corrected chi connectivity index (χ3v) is 8.09. The van der Waals surface area contributed by atoms with Crippen molar-refractivity contribution in [3.05, 3.63) is 108 Å². The second kappa shape index (κ2) is 11.9. The molecule has 0 unspecified atom stereocenters. The molecule has 1 heterocycles. The number of nitrogens with one attached hydrogen (secondary N) is 2. The number of nitrogens with zero attached hydrogens (tertiary/aromatic N) is 2. The summed E-state index contributed by atoms with van der Waals surface area (Å²) >= 11 is 12.2. The highest BCUT2D eigenvalue weighted by atomic mass is 35.5. The fraction of sp³-hybridized carbons (Fsp3) is 0.267. The van der Waals surface area contributed by atoms with Gasteiger partial charge in [0.15, 0.2) is 0 Å². The number of halogens is 2. The molecule has 1 atom stereocenters. The predicted octanol–water partition coefficient (Wildman–Crippen LogP) is 4.06. The van der Waals surface area contributed by atoms with E-state index in [1.54, 1.807) is 43.4 Å². The summed E-state index contributed by atoms with van der Waals surface area (Å²) in [7, 11) is 1.62. The van der Waals surface area contributed by atoms with Crippen LogP contribution in [-0.4, -0.2) is 38.2 Å². The topological polar surface area (TPSA) is 122 Å². The summed E-state index contributed by atoms with van der Waals surface area (Å²) < 4.78 is 2.54. The Bertz CT molecular complexity index is 1740. The average Bonchev–Trinajstić information content (AvgIpc) is 2.91. The van der Waals surface area contributed by atoms with E-state index < -0.39 is 29.2 Å². The van der Waals surface area contributed by atoms with Crippen LogP contribution in [0.1, 0.15) is 40.7 Å². The number of aliphatic carboxylic acids is 1. The highest BCUT2D eigenvalue weighted by Gasteiger charge is 2.24. The summed E-state index contributed by atoms with van der Waals surface area (Å²) in [6.07, 6.45) is 3.48. The fourth-order valence-electron chi connectivity index (χ4n) is 4.88. The molecule has 1 aliphatic carbocycles. The third-order valence-electron chi connectivity index (χ3n) is 7.46. The second-order valence-corrected chi connectivity index (χ2v) is 11.0. The first kappa shape index (κ1) is 28.6. The highest BCUT2D eigenvalue weighted by Crippen LogP contribution is 2.24. The van der Waals surface area contributed by atoms with Gasteiger partial charge in [0.25, 0.3) is 11.5 Å². The molecule has 3 aromatic carbocycles. The van der Waals surface area contributed by atoms with Gasteiger partial charge in [-0.05, 0) is 60.4 Å². The molecule has 0 aliphatic heterocycles. The molecule has 3 N–H and O–H groups in total. The first-order valence-corrected chi connectivity index (χ1v) is 13.9. The Labute approximate surface area is 245 Å². The Morgan fingerprint density at radius 2 is 1.66 bits per heavy atom. The number of carbonyl (C=O) groups excluding carboxylic acids is 1. The molecule has 1 aromatic heterocycles. The number of aryl methyl sites for hydroxylation is 1. The van der Waals surface area contributed by atoms with Gasteiger partial charge in [0.2, 0.25) is 0 Å². The zero-order valence-corrected chi connectivity index (χ0v) is 23.7. The summed E-state index contributed by atoms with van der Waals surface area (Å²) in [5, 5.41) is 16.3. The Morgan fingerprint density at radius 3 is 2.27 bits per heavy atom. The van der Waals surface area contributed by atoms with Crippen molar-refractivity contribution < 1.29 is 14.7 Å².